The molecule has 2 aromatic carbocycles. The third-order valence-corrected chi connectivity index (χ3v) is 7.74. The summed E-state index contributed by atoms with van der Waals surface area (Å²) in [7, 11) is -4.08. The van der Waals surface area contributed by atoms with Crippen LogP contribution in [0, 0.1) is 18.8 Å². The summed E-state index contributed by atoms with van der Waals surface area (Å²) in [6.07, 6.45) is -0.277. The first-order chi connectivity index (χ1) is 17.4. The van der Waals surface area contributed by atoms with Crippen LogP contribution in [0.25, 0.3) is 0 Å². The van der Waals surface area contributed by atoms with Crippen molar-refractivity contribution in [2.45, 2.75) is 50.5 Å². The van der Waals surface area contributed by atoms with E-state index in [0.29, 0.717) is 10.6 Å². The van der Waals surface area contributed by atoms with Crippen LogP contribution in [-0.2, 0) is 29.1 Å². The lowest BCUT2D eigenvalue weighted by Crippen LogP contribution is -2.55. The minimum Gasteiger partial charge on any atom is -0.466 e. The normalized spacial score (nSPS) is 24.9. The van der Waals surface area contributed by atoms with Crippen molar-refractivity contribution in [1.29, 1.82) is 0 Å². The molecule has 3 rings (SSSR count). The summed E-state index contributed by atoms with van der Waals surface area (Å²) >= 11 is 6.07. The Morgan fingerprint density at radius 1 is 1.05 bits per heavy atom. The van der Waals surface area contributed by atoms with E-state index in [-0.39, 0.29) is 30.2 Å². The second kappa shape index (κ2) is 11.6. The zero-order valence-corrected chi connectivity index (χ0v) is 22.7. The molecule has 1 fully saturated rings. The number of carbonyl (C=O) groups excluding carboxylic acids is 2. The van der Waals surface area contributed by atoms with Crippen LogP contribution >= 0.6 is 11.6 Å². The number of nitrogens with zero attached hydrogens (tertiary/aromatic N) is 1. The van der Waals surface area contributed by atoms with Crippen molar-refractivity contribution in [1.82, 2.24) is 4.83 Å². The molecule has 0 radical (unpaired) electrons. The Morgan fingerprint density at radius 2 is 1.62 bits per heavy atom. The largest absolute Gasteiger partial charge is 0.466 e. The van der Waals surface area contributed by atoms with Gasteiger partial charge < -0.3 is 14.6 Å². The summed E-state index contributed by atoms with van der Waals surface area (Å²) in [5.41, 5.74) is -0.311. The van der Waals surface area contributed by atoms with Gasteiger partial charge in [-0.3, -0.25) is 9.59 Å². The minimum absolute atomic E-state index is 0.0173. The van der Waals surface area contributed by atoms with Crippen molar-refractivity contribution in [3.05, 3.63) is 64.7 Å². The number of carbonyl (C=O) groups is 2. The maximum Gasteiger partial charge on any atom is 0.315 e. The highest BCUT2D eigenvalue weighted by Gasteiger charge is 2.56. The Labute approximate surface area is 221 Å². The zero-order valence-electron chi connectivity index (χ0n) is 21.1. The molecule has 1 saturated carbocycles. The van der Waals surface area contributed by atoms with E-state index in [1.54, 1.807) is 50.2 Å². The van der Waals surface area contributed by atoms with Gasteiger partial charge in [0.2, 0.25) is 0 Å². The number of aliphatic hydroxyl groups is 1. The standard InChI is InChI=1S/C26H31ClN2O7S/c1-5-35-24(30)22-20(28-29-37(33,34)19-13-7-16(3)8-14-19)15-26(4,32)23(25(31)36-6-2)21(22)17-9-11-18(27)12-10-17/h7-14,21-23,29,32H,5-6,15H2,1-4H3/b28-20-/t21-,22-,23-,26+/m1/s1. The number of hydrazone groups is 1. The Morgan fingerprint density at radius 3 is 2.19 bits per heavy atom. The molecule has 9 nitrogen and oxygen atoms in total. The number of sulfonamides is 1. The molecular weight excluding hydrogens is 520 g/mol. The predicted molar refractivity (Wildman–Crippen MR) is 139 cm³/mol. The average molecular weight is 551 g/mol. The lowest BCUT2D eigenvalue weighted by atomic mass is 9.61. The van der Waals surface area contributed by atoms with E-state index in [2.05, 4.69) is 9.93 Å². The molecular formula is C26H31ClN2O7S. The van der Waals surface area contributed by atoms with Crippen molar-refractivity contribution in [3.8, 4) is 0 Å². The van der Waals surface area contributed by atoms with Crippen molar-refractivity contribution in [3.63, 3.8) is 0 Å². The first kappa shape index (κ1) is 28.6. The van der Waals surface area contributed by atoms with E-state index in [0.717, 1.165) is 5.56 Å². The number of ether oxygens (including phenoxy) is 2. The van der Waals surface area contributed by atoms with Gasteiger partial charge in [0.15, 0.2) is 0 Å². The molecule has 200 valence electrons. The van der Waals surface area contributed by atoms with Gasteiger partial charge >= 0.3 is 11.9 Å². The summed E-state index contributed by atoms with van der Waals surface area (Å²) in [5, 5.41) is 16.0. The third kappa shape index (κ3) is 6.49. The quantitative estimate of drug-likeness (QED) is 0.379. The molecule has 0 bridgehead atoms. The molecule has 0 spiro atoms. The monoisotopic (exact) mass is 550 g/mol. The van der Waals surface area contributed by atoms with E-state index in [1.807, 2.05) is 6.92 Å². The second-order valence-corrected chi connectivity index (χ2v) is 11.2. The van der Waals surface area contributed by atoms with Crippen LogP contribution in [0.3, 0.4) is 0 Å². The van der Waals surface area contributed by atoms with Gasteiger partial charge in [-0.05, 0) is 57.5 Å². The molecule has 0 unspecified atom stereocenters. The number of esters is 2. The summed E-state index contributed by atoms with van der Waals surface area (Å²) in [4.78, 5) is 28.6. The van der Waals surface area contributed by atoms with Crippen molar-refractivity contribution < 1.29 is 32.6 Å². The van der Waals surface area contributed by atoms with E-state index in [4.69, 9.17) is 21.1 Å². The average Bonchev–Trinajstić information content (AvgIpc) is 2.83. The van der Waals surface area contributed by atoms with Gasteiger partial charge in [-0.15, -0.1) is 0 Å². The molecule has 0 saturated heterocycles. The van der Waals surface area contributed by atoms with E-state index in [1.165, 1.54) is 19.1 Å². The van der Waals surface area contributed by atoms with Crippen LogP contribution < -0.4 is 4.83 Å². The van der Waals surface area contributed by atoms with Crippen LogP contribution in [0.1, 0.15) is 44.2 Å². The van der Waals surface area contributed by atoms with E-state index < -0.39 is 45.3 Å². The fourth-order valence-corrected chi connectivity index (χ4v) is 5.55. The first-order valence-corrected chi connectivity index (χ1v) is 13.7. The third-order valence-electron chi connectivity index (χ3n) is 6.26. The topological polar surface area (TPSA) is 131 Å². The molecule has 0 heterocycles. The summed E-state index contributed by atoms with van der Waals surface area (Å²) in [6.45, 7) is 6.65. The fourth-order valence-electron chi connectivity index (χ4n) is 4.59. The molecule has 4 atom stereocenters. The van der Waals surface area contributed by atoms with Gasteiger partial charge in [0.1, 0.15) is 5.92 Å². The summed E-state index contributed by atoms with van der Waals surface area (Å²) in [5.74, 6) is -4.73. The Bertz CT molecular complexity index is 1260. The maximum absolute atomic E-state index is 13.3. The number of benzene rings is 2. The highest BCUT2D eigenvalue weighted by atomic mass is 35.5. The zero-order chi connectivity index (χ0) is 27.4. The lowest BCUT2D eigenvalue weighted by Gasteiger charge is -2.45. The lowest BCUT2D eigenvalue weighted by molar-refractivity contribution is -0.163. The summed E-state index contributed by atoms with van der Waals surface area (Å²) < 4.78 is 36.4. The Balaban J connectivity index is 2.15. The van der Waals surface area contributed by atoms with Gasteiger partial charge in [-0.25, -0.2) is 4.83 Å². The van der Waals surface area contributed by atoms with Gasteiger partial charge in [0.25, 0.3) is 10.0 Å². The molecule has 11 heteroatoms. The fraction of sp³-hybridized carbons (Fsp3) is 0.423. The predicted octanol–water partition coefficient (Wildman–Crippen LogP) is 3.58. The van der Waals surface area contributed by atoms with Crippen LogP contribution in [0.15, 0.2) is 58.5 Å². The minimum atomic E-state index is -4.08. The smallest absolute Gasteiger partial charge is 0.315 e. The number of aryl methyl sites for hydroxylation is 1. The SMILES string of the molecule is CCOC(=O)[C@@H]1/C(=N\NS(=O)(=O)c2ccc(C)cc2)C[C@](C)(O)[C@@H](C(=O)OCC)[C@@H]1c1ccc(Cl)cc1. The first-order valence-electron chi connectivity index (χ1n) is 11.9. The van der Waals surface area contributed by atoms with Gasteiger partial charge in [-0.2, -0.15) is 13.5 Å². The molecule has 1 aliphatic rings. The molecule has 37 heavy (non-hydrogen) atoms. The molecule has 2 N–H and O–H groups in total. The van der Waals surface area contributed by atoms with Gasteiger partial charge in [0.05, 0.1) is 35.3 Å². The van der Waals surface area contributed by atoms with Crippen LogP contribution in [0.2, 0.25) is 5.02 Å². The number of rotatable bonds is 8. The van der Waals surface area contributed by atoms with Crippen LogP contribution in [-0.4, -0.2) is 50.0 Å². The highest BCUT2D eigenvalue weighted by molar-refractivity contribution is 7.89. The second-order valence-electron chi connectivity index (χ2n) is 9.08. The number of hydrogen-bond acceptors (Lipinski definition) is 8. The molecule has 0 aromatic heterocycles. The molecule has 2 aromatic rings. The number of hydrogen-bond donors (Lipinski definition) is 2. The van der Waals surface area contributed by atoms with Crippen molar-refractivity contribution in [2.75, 3.05) is 13.2 Å². The Kier molecular flexibility index (Phi) is 8.99. The maximum atomic E-state index is 13.3. The van der Waals surface area contributed by atoms with Crippen molar-refractivity contribution in [2.24, 2.45) is 16.9 Å². The van der Waals surface area contributed by atoms with E-state index in [9.17, 15) is 23.1 Å². The molecule has 0 aliphatic heterocycles. The highest BCUT2D eigenvalue weighted by Crippen LogP contribution is 2.47. The molecule has 1 aliphatic carbocycles. The number of halogens is 1. The molecule has 0 amide bonds. The van der Waals surface area contributed by atoms with E-state index >= 15 is 0 Å². The Hall–Kier alpha value is -2.95. The number of nitrogens with one attached hydrogen (secondary N) is 1. The van der Waals surface area contributed by atoms with Gasteiger partial charge in [0, 0.05) is 17.4 Å². The summed E-state index contributed by atoms with van der Waals surface area (Å²) in [6, 6.07) is 12.6. The van der Waals surface area contributed by atoms with Gasteiger partial charge in [-0.1, -0.05) is 41.4 Å². The van der Waals surface area contributed by atoms with Crippen LogP contribution in [0.4, 0.5) is 0 Å². The van der Waals surface area contributed by atoms with Crippen LogP contribution in [0.5, 0.6) is 0 Å². The van der Waals surface area contributed by atoms with Crippen molar-refractivity contribution >= 4 is 39.3 Å².